The summed E-state index contributed by atoms with van der Waals surface area (Å²) in [5.41, 5.74) is 0.957. The molecule has 19 heavy (non-hydrogen) atoms. The van der Waals surface area contributed by atoms with Crippen molar-refractivity contribution < 1.29 is 8.78 Å². The highest BCUT2D eigenvalue weighted by Gasteiger charge is 2.15. The van der Waals surface area contributed by atoms with E-state index in [0.29, 0.717) is 10.8 Å². The molecule has 2 rings (SSSR count). The summed E-state index contributed by atoms with van der Waals surface area (Å²) in [4.78, 5) is 0. The first-order valence-corrected chi connectivity index (χ1v) is 6.43. The minimum absolute atomic E-state index is 0.0179. The number of terminal acetylenes is 1. The third-order valence-electron chi connectivity index (χ3n) is 2.86. The smallest absolute Gasteiger partial charge is 0.175 e. The molecule has 0 bridgehead atoms. The maximum absolute atomic E-state index is 13.7. The highest BCUT2D eigenvalue weighted by molar-refractivity contribution is 5.91. The number of hydrogen-bond acceptors (Lipinski definition) is 0. The molecule has 2 aromatic rings. The fourth-order valence-corrected chi connectivity index (χ4v) is 2.04. The van der Waals surface area contributed by atoms with Crippen LogP contribution in [0.15, 0.2) is 24.3 Å². The standard InChI is InChI=1S/C15H12F2.C2H6/c1-4-11-14-10(8-13(16)15(11)17)6-5-7-12(14)9(2)3;1-2/h1,5-9H,2-3H3;1-2H3. The summed E-state index contributed by atoms with van der Waals surface area (Å²) in [7, 11) is 0. The van der Waals surface area contributed by atoms with Gasteiger partial charge in [0.05, 0.1) is 5.56 Å². The van der Waals surface area contributed by atoms with Crippen molar-refractivity contribution in [1.29, 1.82) is 0 Å². The third kappa shape index (κ3) is 2.76. The van der Waals surface area contributed by atoms with Crippen LogP contribution in [0, 0.1) is 24.0 Å². The summed E-state index contributed by atoms with van der Waals surface area (Å²) in [6.45, 7) is 7.99. The van der Waals surface area contributed by atoms with E-state index in [1.807, 2.05) is 39.8 Å². The molecule has 0 spiro atoms. The van der Waals surface area contributed by atoms with Gasteiger partial charge in [-0.3, -0.25) is 0 Å². The summed E-state index contributed by atoms with van der Waals surface area (Å²) in [6, 6.07) is 6.66. The summed E-state index contributed by atoms with van der Waals surface area (Å²) in [5.74, 6) is 0.630. The monoisotopic (exact) mass is 260 g/mol. The molecule has 0 aliphatic carbocycles. The van der Waals surface area contributed by atoms with Crippen molar-refractivity contribution in [3.8, 4) is 12.3 Å². The topological polar surface area (TPSA) is 0 Å². The molecule has 0 fully saturated rings. The second-order valence-electron chi connectivity index (χ2n) is 4.29. The summed E-state index contributed by atoms with van der Waals surface area (Å²) in [6.07, 6.45) is 5.30. The summed E-state index contributed by atoms with van der Waals surface area (Å²) in [5, 5.41) is 1.28. The van der Waals surface area contributed by atoms with Gasteiger partial charge in [0.2, 0.25) is 0 Å². The van der Waals surface area contributed by atoms with Crippen LogP contribution in [0.1, 0.15) is 44.7 Å². The van der Waals surface area contributed by atoms with Crippen molar-refractivity contribution in [3.63, 3.8) is 0 Å². The Morgan fingerprint density at radius 1 is 1.16 bits per heavy atom. The molecule has 100 valence electrons. The van der Waals surface area contributed by atoms with Crippen molar-refractivity contribution in [1.82, 2.24) is 0 Å². The van der Waals surface area contributed by atoms with Crippen LogP contribution < -0.4 is 0 Å². The van der Waals surface area contributed by atoms with E-state index in [1.165, 1.54) is 6.07 Å². The fraction of sp³-hybridized carbons (Fsp3) is 0.294. The van der Waals surface area contributed by atoms with E-state index in [9.17, 15) is 8.78 Å². The molecule has 0 heterocycles. The Balaban J connectivity index is 0.000000861. The Bertz CT molecular complexity index is 619. The van der Waals surface area contributed by atoms with Gasteiger partial charge in [0, 0.05) is 5.39 Å². The van der Waals surface area contributed by atoms with Gasteiger partial charge in [-0.2, -0.15) is 0 Å². The van der Waals surface area contributed by atoms with Crippen molar-refractivity contribution >= 4 is 10.8 Å². The predicted octanol–water partition coefficient (Wildman–Crippen LogP) is 5.25. The van der Waals surface area contributed by atoms with Crippen LogP contribution >= 0.6 is 0 Å². The quantitative estimate of drug-likeness (QED) is 0.614. The van der Waals surface area contributed by atoms with Crippen molar-refractivity contribution in [2.45, 2.75) is 33.6 Å². The molecule has 0 amide bonds. The van der Waals surface area contributed by atoms with E-state index in [4.69, 9.17) is 6.42 Å². The van der Waals surface area contributed by atoms with Crippen LogP contribution in [0.3, 0.4) is 0 Å². The predicted molar refractivity (Wildman–Crippen MR) is 77.2 cm³/mol. The summed E-state index contributed by atoms with van der Waals surface area (Å²) < 4.78 is 27.0. The molecule has 0 unspecified atom stereocenters. The third-order valence-corrected chi connectivity index (χ3v) is 2.86. The molecule has 0 saturated carbocycles. The van der Waals surface area contributed by atoms with Gasteiger partial charge < -0.3 is 0 Å². The zero-order valence-electron chi connectivity index (χ0n) is 11.7. The molecule has 0 aliphatic heterocycles. The minimum Gasteiger partial charge on any atom is -0.204 e. The molecule has 0 aromatic heterocycles. The lowest BCUT2D eigenvalue weighted by Gasteiger charge is -2.12. The summed E-state index contributed by atoms with van der Waals surface area (Å²) >= 11 is 0. The zero-order chi connectivity index (χ0) is 14.6. The van der Waals surface area contributed by atoms with Crippen LogP contribution in [0.5, 0.6) is 0 Å². The Morgan fingerprint density at radius 3 is 2.32 bits per heavy atom. The second-order valence-corrected chi connectivity index (χ2v) is 4.29. The average Bonchev–Trinajstić information content (AvgIpc) is 2.42. The first-order chi connectivity index (χ1) is 9.06. The number of fused-ring (bicyclic) bond motifs is 1. The first kappa shape index (κ1) is 15.2. The van der Waals surface area contributed by atoms with Crippen molar-refractivity contribution in [3.05, 3.63) is 47.0 Å². The van der Waals surface area contributed by atoms with Crippen molar-refractivity contribution in [2.24, 2.45) is 0 Å². The van der Waals surface area contributed by atoms with Gasteiger partial charge in [-0.05, 0) is 22.9 Å². The molecule has 0 N–H and O–H groups in total. The molecule has 0 atom stereocenters. The Kier molecular flexibility index (Phi) is 5.06. The van der Waals surface area contributed by atoms with Crippen molar-refractivity contribution in [2.75, 3.05) is 0 Å². The second kappa shape index (κ2) is 6.33. The van der Waals surface area contributed by atoms with Gasteiger partial charge in [0.1, 0.15) is 0 Å². The maximum Gasteiger partial charge on any atom is 0.175 e. The van der Waals surface area contributed by atoms with E-state index < -0.39 is 11.6 Å². The maximum atomic E-state index is 13.7. The number of benzene rings is 2. The molecule has 0 radical (unpaired) electrons. The van der Waals surface area contributed by atoms with Gasteiger partial charge in [0.25, 0.3) is 0 Å². The van der Waals surface area contributed by atoms with Gasteiger partial charge in [-0.1, -0.05) is 51.8 Å². The average molecular weight is 260 g/mol. The van der Waals surface area contributed by atoms with E-state index in [-0.39, 0.29) is 11.5 Å². The van der Waals surface area contributed by atoms with Gasteiger partial charge >= 0.3 is 0 Å². The van der Waals surface area contributed by atoms with Gasteiger partial charge in [-0.15, -0.1) is 6.42 Å². The van der Waals surface area contributed by atoms with E-state index >= 15 is 0 Å². The molecule has 2 aromatic carbocycles. The first-order valence-electron chi connectivity index (χ1n) is 6.43. The molecular formula is C17H18F2. The Morgan fingerprint density at radius 2 is 1.79 bits per heavy atom. The number of rotatable bonds is 1. The molecule has 0 saturated heterocycles. The van der Waals surface area contributed by atoms with E-state index in [0.717, 1.165) is 5.56 Å². The molecule has 2 heteroatoms. The SMILES string of the molecule is C#Cc1c(F)c(F)cc2cccc(C(C)C)c12.CC. The van der Waals surface area contributed by atoms with Crippen LogP contribution in [-0.4, -0.2) is 0 Å². The lowest BCUT2D eigenvalue weighted by molar-refractivity contribution is 0.509. The molecule has 0 aliphatic rings. The Labute approximate surface area is 113 Å². The Hall–Kier alpha value is -1.88. The number of hydrogen-bond donors (Lipinski definition) is 0. The van der Waals surface area contributed by atoms with Gasteiger partial charge in [-0.25, -0.2) is 8.78 Å². The van der Waals surface area contributed by atoms with Crippen LogP contribution in [0.2, 0.25) is 0 Å². The van der Waals surface area contributed by atoms with E-state index in [1.54, 1.807) is 6.07 Å². The molecule has 0 nitrogen and oxygen atoms in total. The largest absolute Gasteiger partial charge is 0.204 e. The fourth-order valence-electron chi connectivity index (χ4n) is 2.04. The molecular weight excluding hydrogens is 242 g/mol. The highest BCUT2D eigenvalue weighted by Crippen LogP contribution is 2.30. The number of halogens is 2. The lowest BCUT2D eigenvalue weighted by Crippen LogP contribution is -1.97. The normalized spacial score (nSPS) is 10.0. The van der Waals surface area contributed by atoms with Crippen LogP contribution in [-0.2, 0) is 0 Å². The lowest BCUT2D eigenvalue weighted by atomic mass is 9.92. The van der Waals surface area contributed by atoms with Gasteiger partial charge in [0.15, 0.2) is 11.6 Å². The minimum atomic E-state index is -0.937. The zero-order valence-corrected chi connectivity index (χ0v) is 11.7. The van der Waals surface area contributed by atoms with E-state index in [2.05, 4.69) is 5.92 Å². The highest BCUT2D eigenvalue weighted by atomic mass is 19.2. The van der Waals surface area contributed by atoms with Crippen LogP contribution in [0.25, 0.3) is 10.8 Å². The van der Waals surface area contributed by atoms with Crippen LogP contribution in [0.4, 0.5) is 8.78 Å².